The molecule has 1 aromatic rings. The lowest BCUT2D eigenvalue weighted by Gasteiger charge is -2.41. The van der Waals surface area contributed by atoms with E-state index >= 15 is 0 Å². The van der Waals surface area contributed by atoms with Crippen LogP contribution in [-0.4, -0.2) is 70.9 Å². The van der Waals surface area contributed by atoms with Crippen molar-refractivity contribution in [2.45, 2.75) is 116 Å². The van der Waals surface area contributed by atoms with Crippen molar-refractivity contribution in [2.24, 2.45) is 0 Å². The Morgan fingerprint density at radius 3 is 2.38 bits per heavy atom. The number of unbranched alkanes of at least 4 members (excludes halogenated alkanes) is 2. The summed E-state index contributed by atoms with van der Waals surface area (Å²) in [4.78, 5) is 56.1. The highest BCUT2D eigenvalue weighted by Crippen LogP contribution is 2.38. The molecule has 1 unspecified atom stereocenters. The third-order valence-corrected chi connectivity index (χ3v) is 8.21. The van der Waals surface area contributed by atoms with Crippen LogP contribution >= 0.6 is 0 Å². The normalized spacial score (nSPS) is 23.4. The molecule has 0 aromatic heterocycles. The molecule has 1 atom stereocenters. The number of nitrogens with one attached hydrogen (secondary N) is 1. The molecule has 0 radical (unpaired) electrons. The van der Waals surface area contributed by atoms with Crippen molar-refractivity contribution < 1.29 is 23.9 Å². The van der Waals surface area contributed by atoms with E-state index in [4.69, 9.17) is 4.74 Å². The number of anilines is 1. The number of hydrogen-bond acceptors (Lipinski definition) is 6. The molecule has 4 rings (SSSR count). The van der Waals surface area contributed by atoms with Crippen LogP contribution in [0.1, 0.15) is 101 Å². The van der Waals surface area contributed by atoms with Gasteiger partial charge in [-0.1, -0.05) is 25.8 Å². The van der Waals surface area contributed by atoms with E-state index in [-0.39, 0.29) is 36.3 Å². The molecule has 9 nitrogen and oxygen atoms in total. The number of amides is 4. The number of carbonyl (C=O) groups excluding carboxylic acids is 4. The topological polar surface area (TPSA) is 99.3 Å². The molecule has 3 aliphatic rings. The van der Waals surface area contributed by atoms with Gasteiger partial charge in [-0.25, -0.2) is 4.79 Å². The first-order valence-electron chi connectivity index (χ1n) is 14.5. The van der Waals surface area contributed by atoms with Crippen LogP contribution < -0.4 is 10.2 Å². The van der Waals surface area contributed by atoms with E-state index in [9.17, 15) is 19.2 Å². The average molecular weight is 541 g/mol. The molecule has 2 heterocycles. The molecule has 1 saturated carbocycles. The Morgan fingerprint density at radius 1 is 1.05 bits per heavy atom. The summed E-state index contributed by atoms with van der Waals surface area (Å²) in [6.07, 6.45) is 7.29. The van der Waals surface area contributed by atoms with E-state index in [1.54, 1.807) is 9.80 Å². The number of ether oxygens (including phenoxy) is 1. The highest BCUT2D eigenvalue weighted by atomic mass is 16.6. The second-order valence-electron chi connectivity index (χ2n) is 12.2. The Bertz CT molecular complexity index is 1090. The Morgan fingerprint density at radius 2 is 1.74 bits per heavy atom. The van der Waals surface area contributed by atoms with Gasteiger partial charge in [0.05, 0.1) is 0 Å². The quantitative estimate of drug-likeness (QED) is 0.382. The molecule has 1 aliphatic carbocycles. The maximum absolute atomic E-state index is 13.4. The van der Waals surface area contributed by atoms with Crippen molar-refractivity contribution in [3.63, 3.8) is 0 Å². The van der Waals surface area contributed by atoms with Crippen LogP contribution in [0.2, 0.25) is 0 Å². The summed E-state index contributed by atoms with van der Waals surface area (Å²) in [5, 5.41) is 2.39. The zero-order valence-electron chi connectivity index (χ0n) is 24.1. The molecule has 9 heteroatoms. The summed E-state index contributed by atoms with van der Waals surface area (Å²) in [6.45, 7) is 9.11. The molecule has 0 spiro atoms. The van der Waals surface area contributed by atoms with Crippen LogP contribution in [0, 0.1) is 0 Å². The molecule has 4 amide bonds. The van der Waals surface area contributed by atoms with E-state index in [2.05, 4.69) is 23.2 Å². The first-order valence-corrected chi connectivity index (χ1v) is 14.5. The smallest absolute Gasteiger partial charge is 0.410 e. The standard InChI is InChI=1S/C30H44N4O5/c1-6-7-8-18-33(21-14-12-20(13-15-21)32(5)29(38)39-30(2,3)4)24-11-9-10-22-23(24)19-34(28(22)37)25-16-17-26(35)31-27(25)36/h9-11,20-21,25H,6-8,12-19H2,1-5H3,(H,31,35,36). The second-order valence-corrected chi connectivity index (χ2v) is 12.2. The van der Waals surface area contributed by atoms with E-state index < -0.39 is 11.6 Å². The first-order chi connectivity index (χ1) is 18.5. The van der Waals surface area contributed by atoms with Crippen molar-refractivity contribution in [3.05, 3.63) is 29.3 Å². The molecule has 2 aliphatic heterocycles. The predicted octanol–water partition coefficient (Wildman–Crippen LogP) is 4.62. The van der Waals surface area contributed by atoms with Gasteiger partial charge in [-0.2, -0.15) is 0 Å². The van der Waals surface area contributed by atoms with Crippen molar-refractivity contribution >= 4 is 29.5 Å². The third kappa shape index (κ3) is 6.56. The number of hydrogen-bond donors (Lipinski definition) is 1. The Balaban J connectivity index is 1.51. The van der Waals surface area contributed by atoms with Crippen LogP contribution in [-0.2, 0) is 20.9 Å². The SMILES string of the molecule is CCCCCN(c1cccc2c1CN(C1CCC(=O)NC1=O)C2=O)C1CCC(N(C)C(=O)OC(C)(C)C)CC1. The number of carbonyl (C=O) groups is 4. The predicted molar refractivity (Wildman–Crippen MR) is 149 cm³/mol. The zero-order chi connectivity index (χ0) is 28.3. The van der Waals surface area contributed by atoms with E-state index in [1.807, 2.05) is 40.0 Å². The molecule has 1 saturated heterocycles. The van der Waals surface area contributed by atoms with Crippen LogP contribution in [0.3, 0.4) is 0 Å². The van der Waals surface area contributed by atoms with Gasteiger partial charge in [0, 0.05) is 55.5 Å². The minimum Gasteiger partial charge on any atom is -0.444 e. The maximum atomic E-state index is 13.4. The summed E-state index contributed by atoms with van der Waals surface area (Å²) < 4.78 is 5.59. The minimum absolute atomic E-state index is 0.139. The fourth-order valence-electron chi connectivity index (χ4n) is 6.11. The molecule has 2 fully saturated rings. The summed E-state index contributed by atoms with van der Waals surface area (Å²) in [5.74, 6) is -0.810. The van der Waals surface area contributed by atoms with Gasteiger partial charge in [0.1, 0.15) is 11.6 Å². The maximum Gasteiger partial charge on any atom is 0.410 e. The van der Waals surface area contributed by atoms with E-state index in [0.717, 1.165) is 62.7 Å². The monoisotopic (exact) mass is 540 g/mol. The van der Waals surface area contributed by atoms with Crippen LogP contribution in [0.25, 0.3) is 0 Å². The number of rotatable bonds is 8. The lowest BCUT2D eigenvalue weighted by atomic mass is 9.88. The highest BCUT2D eigenvalue weighted by Gasteiger charge is 2.41. The van der Waals surface area contributed by atoms with Crippen molar-refractivity contribution in [1.82, 2.24) is 15.1 Å². The molecule has 39 heavy (non-hydrogen) atoms. The average Bonchev–Trinajstić information content (AvgIpc) is 3.22. The van der Waals surface area contributed by atoms with Crippen LogP contribution in [0.5, 0.6) is 0 Å². The van der Waals surface area contributed by atoms with Gasteiger partial charge < -0.3 is 19.4 Å². The van der Waals surface area contributed by atoms with Crippen molar-refractivity contribution in [2.75, 3.05) is 18.5 Å². The molecule has 1 aromatic carbocycles. The number of nitrogens with zero attached hydrogens (tertiary/aromatic N) is 3. The molecular formula is C30H44N4O5. The summed E-state index contributed by atoms with van der Waals surface area (Å²) in [5.41, 5.74) is 2.16. The Kier molecular flexibility index (Phi) is 8.86. The summed E-state index contributed by atoms with van der Waals surface area (Å²) in [7, 11) is 1.83. The molecular weight excluding hydrogens is 496 g/mol. The second kappa shape index (κ2) is 12.0. The third-order valence-electron chi connectivity index (χ3n) is 8.21. The highest BCUT2D eigenvalue weighted by molar-refractivity contribution is 6.06. The van der Waals surface area contributed by atoms with Gasteiger partial charge in [0.2, 0.25) is 11.8 Å². The van der Waals surface area contributed by atoms with E-state index in [0.29, 0.717) is 24.6 Å². The largest absolute Gasteiger partial charge is 0.444 e. The van der Waals surface area contributed by atoms with Gasteiger partial charge in [0.15, 0.2) is 0 Å². The van der Waals surface area contributed by atoms with Crippen LogP contribution in [0.15, 0.2) is 18.2 Å². The zero-order valence-corrected chi connectivity index (χ0v) is 24.1. The van der Waals surface area contributed by atoms with Crippen molar-refractivity contribution in [1.29, 1.82) is 0 Å². The number of fused-ring (bicyclic) bond motifs is 1. The van der Waals surface area contributed by atoms with Gasteiger partial charge in [0.25, 0.3) is 5.91 Å². The summed E-state index contributed by atoms with van der Waals surface area (Å²) >= 11 is 0. The molecule has 0 bridgehead atoms. The van der Waals surface area contributed by atoms with Gasteiger partial charge in [-0.15, -0.1) is 0 Å². The Hall–Kier alpha value is -3.10. The van der Waals surface area contributed by atoms with Gasteiger partial charge in [-0.05, 0) is 71.4 Å². The fourth-order valence-corrected chi connectivity index (χ4v) is 6.11. The van der Waals surface area contributed by atoms with Crippen LogP contribution in [0.4, 0.5) is 10.5 Å². The number of imide groups is 1. The number of benzene rings is 1. The number of piperidine rings is 1. The minimum atomic E-state index is -0.622. The van der Waals surface area contributed by atoms with E-state index in [1.165, 1.54) is 0 Å². The molecule has 214 valence electrons. The van der Waals surface area contributed by atoms with Gasteiger partial charge >= 0.3 is 6.09 Å². The lowest BCUT2D eigenvalue weighted by molar-refractivity contribution is -0.136. The Labute approximate surface area is 232 Å². The first kappa shape index (κ1) is 28.9. The lowest BCUT2D eigenvalue weighted by Crippen LogP contribution is -2.52. The molecule has 1 N–H and O–H groups in total. The fraction of sp³-hybridized carbons (Fsp3) is 0.667. The van der Waals surface area contributed by atoms with Gasteiger partial charge in [-0.3, -0.25) is 19.7 Å². The summed E-state index contributed by atoms with van der Waals surface area (Å²) in [6, 6.07) is 5.71. The van der Waals surface area contributed by atoms with Crippen molar-refractivity contribution in [3.8, 4) is 0 Å².